The monoisotopic (exact) mass is 331 g/mol. The lowest BCUT2D eigenvalue weighted by Crippen LogP contribution is -2.43. The van der Waals surface area contributed by atoms with Crippen LogP contribution in [0.15, 0.2) is 18.2 Å². The number of rotatable bonds is 3. The first-order valence-electron chi connectivity index (χ1n) is 6.96. The van der Waals surface area contributed by atoms with Gasteiger partial charge in [0.1, 0.15) is 11.7 Å². The fourth-order valence-corrected chi connectivity index (χ4v) is 2.70. The van der Waals surface area contributed by atoms with Crippen molar-refractivity contribution in [1.29, 1.82) is 0 Å². The van der Waals surface area contributed by atoms with E-state index in [9.17, 15) is 28.1 Å². The van der Waals surface area contributed by atoms with Crippen molar-refractivity contribution in [2.24, 2.45) is 0 Å². The van der Waals surface area contributed by atoms with E-state index in [1.54, 1.807) is 14.1 Å². The quantitative estimate of drug-likeness (QED) is 0.631. The van der Waals surface area contributed by atoms with Gasteiger partial charge in [0, 0.05) is 26.7 Å². The molecule has 0 aromatic heterocycles. The number of nitrogens with zero attached hydrogens (tertiary/aromatic N) is 3. The summed E-state index contributed by atoms with van der Waals surface area (Å²) in [5, 5.41) is 11.2. The van der Waals surface area contributed by atoms with Crippen LogP contribution in [0.4, 0.5) is 24.5 Å². The minimum atomic E-state index is -4.66. The molecule has 1 aliphatic rings. The lowest BCUT2D eigenvalue weighted by Gasteiger charge is -2.27. The molecule has 0 aliphatic carbocycles. The van der Waals surface area contributed by atoms with E-state index in [1.165, 1.54) is 9.80 Å². The van der Waals surface area contributed by atoms with Crippen LogP contribution in [0.5, 0.6) is 0 Å². The Hall–Kier alpha value is -2.32. The second kappa shape index (κ2) is 6.05. The lowest BCUT2D eigenvalue weighted by atomic mass is 10.1. The molecule has 23 heavy (non-hydrogen) atoms. The van der Waals surface area contributed by atoms with E-state index >= 15 is 0 Å². The van der Waals surface area contributed by atoms with Gasteiger partial charge in [0.25, 0.3) is 5.69 Å². The molecule has 1 aliphatic heterocycles. The first-order valence-corrected chi connectivity index (χ1v) is 6.96. The maximum atomic E-state index is 12.8. The van der Waals surface area contributed by atoms with Gasteiger partial charge < -0.3 is 9.80 Å². The highest BCUT2D eigenvalue weighted by molar-refractivity contribution is 5.86. The Morgan fingerprint density at radius 1 is 1.39 bits per heavy atom. The van der Waals surface area contributed by atoms with E-state index in [4.69, 9.17) is 0 Å². The van der Waals surface area contributed by atoms with Gasteiger partial charge in [0.2, 0.25) is 5.91 Å². The van der Waals surface area contributed by atoms with E-state index in [-0.39, 0.29) is 11.6 Å². The van der Waals surface area contributed by atoms with Crippen LogP contribution < -0.4 is 4.90 Å². The third-order valence-electron chi connectivity index (χ3n) is 3.79. The zero-order valence-corrected chi connectivity index (χ0v) is 12.6. The molecule has 1 saturated heterocycles. The molecule has 1 amide bonds. The first-order chi connectivity index (χ1) is 10.6. The van der Waals surface area contributed by atoms with E-state index in [0.29, 0.717) is 25.5 Å². The molecule has 1 aromatic carbocycles. The van der Waals surface area contributed by atoms with Gasteiger partial charge in [-0.1, -0.05) is 0 Å². The standard InChI is InChI=1S/C14H16F3N3O3/c1-18(2)13(21)11-4-3-7-19(11)10-6-5-9(14(15,16)17)8-12(10)20(22)23/h5-6,8,11H,3-4,7H2,1-2H3/t11-/m0/s1. The van der Waals surface area contributed by atoms with Crippen molar-refractivity contribution < 1.29 is 22.9 Å². The molecule has 0 radical (unpaired) electrons. The molecule has 2 rings (SSSR count). The summed E-state index contributed by atoms with van der Waals surface area (Å²) in [4.78, 5) is 25.4. The Morgan fingerprint density at radius 2 is 2.04 bits per heavy atom. The zero-order valence-electron chi connectivity index (χ0n) is 12.6. The summed E-state index contributed by atoms with van der Waals surface area (Å²) in [6.07, 6.45) is -3.51. The number of hydrogen-bond acceptors (Lipinski definition) is 4. The molecule has 9 heteroatoms. The maximum absolute atomic E-state index is 12.8. The zero-order chi connectivity index (χ0) is 17.4. The number of alkyl halides is 3. The number of benzene rings is 1. The van der Waals surface area contributed by atoms with Crippen molar-refractivity contribution >= 4 is 17.3 Å². The highest BCUT2D eigenvalue weighted by Crippen LogP contribution is 2.38. The molecule has 126 valence electrons. The Kier molecular flexibility index (Phi) is 4.49. The van der Waals surface area contributed by atoms with Gasteiger partial charge in [-0.15, -0.1) is 0 Å². The normalized spacial score (nSPS) is 18.1. The molecular weight excluding hydrogens is 315 g/mol. The summed E-state index contributed by atoms with van der Waals surface area (Å²) in [7, 11) is 3.14. The summed E-state index contributed by atoms with van der Waals surface area (Å²) in [6, 6.07) is 1.80. The van der Waals surface area contributed by atoms with Gasteiger partial charge in [-0.3, -0.25) is 14.9 Å². The fraction of sp³-hybridized carbons (Fsp3) is 0.500. The number of anilines is 1. The SMILES string of the molecule is CN(C)C(=O)[C@@H]1CCCN1c1ccc(C(F)(F)F)cc1[N+](=O)[O-]. The lowest BCUT2D eigenvalue weighted by molar-refractivity contribution is -0.384. The highest BCUT2D eigenvalue weighted by atomic mass is 19.4. The Bertz CT molecular complexity index is 631. The molecule has 1 aromatic rings. The second-order valence-electron chi connectivity index (χ2n) is 5.54. The molecular formula is C14H16F3N3O3. The smallest absolute Gasteiger partial charge is 0.354 e. The summed E-state index contributed by atoms with van der Waals surface area (Å²) >= 11 is 0. The van der Waals surface area contributed by atoms with Crippen molar-refractivity contribution in [1.82, 2.24) is 4.90 Å². The molecule has 1 heterocycles. The Labute approximate surface area is 130 Å². The van der Waals surface area contributed by atoms with Crippen LogP contribution in [0.1, 0.15) is 18.4 Å². The summed E-state index contributed by atoms with van der Waals surface area (Å²) in [6.45, 7) is 0.385. The Morgan fingerprint density at radius 3 is 2.57 bits per heavy atom. The van der Waals surface area contributed by atoms with E-state index in [2.05, 4.69) is 0 Å². The molecule has 0 unspecified atom stereocenters. The van der Waals surface area contributed by atoms with Crippen LogP contribution in [-0.2, 0) is 11.0 Å². The average Bonchev–Trinajstić information content (AvgIpc) is 2.93. The maximum Gasteiger partial charge on any atom is 0.416 e. The third-order valence-corrected chi connectivity index (χ3v) is 3.79. The van der Waals surface area contributed by atoms with Gasteiger partial charge >= 0.3 is 6.18 Å². The molecule has 6 nitrogen and oxygen atoms in total. The minimum absolute atomic E-state index is 0.0423. The van der Waals surface area contributed by atoms with Crippen molar-refractivity contribution in [3.8, 4) is 0 Å². The number of likely N-dealkylation sites (N-methyl/N-ethyl adjacent to an activating group) is 1. The molecule has 1 fully saturated rings. The number of amides is 1. The largest absolute Gasteiger partial charge is 0.416 e. The summed E-state index contributed by atoms with van der Waals surface area (Å²) < 4.78 is 38.3. The molecule has 1 atom stereocenters. The van der Waals surface area contributed by atoms with Crippen LogP contribution in [-0.4, -0.2) is 42.4 Å². The van der Waals surface area contributed by atoms with Crippen LogP contribution in [0, 0.1) is 10.1 Å². The van der Waals surface area contributed by atoms with Crippen molar-refractivity contribution in [3.05, 3.63) is 33.9 Å². The predicted octanol–water partition coefficient (Wildman–Crippen LogP) is 2.67. The van der Waals surface area contributed by atoms with Gasteiger partial charge in [0.05, 0.1) is 10.5 Å². The van der Waals surface area contributed by atoms with Gasteiger partial charge in [-0.2, -0.15) is 13.2 Å². The van der Waals surface area contributed by atoms with Crippen LogP contribution in [0.2, 0.25) is 0 Å². The first kappa shape index (κ1) is 17.0. The molecule has 0 spiro atoms. The van der Waals surface area contributed by atoms with E-state index in [0.717, 1.165) is 12.1 Å². The average molecular weight is 331 g/mol. The minimum Gasteiger partial charge on any atom is -0.354 e. The number of carbonyl (C=O) groups is 1. The number of hydrogen-bond donors (Lipinski definition) is 0. The Balaban J connectivity index is 2.46. The van der Waals surface area contributed by atoms with Gasteiger partial charge in [-0.25, -0.2) is 0 Å². The molecule has 0 saturated carbocycles. The molecule has 0 N–H and O–H groups in total. The topological polar surface area (TPSA) is 66.7 Å². The van der Waals surface area contributed by atoms with Crippen LogP contribution in [0.3, 0.4) is 0 Å². The third kappa shape index (κ3) is 3.38. The van der Waals surface area contributed by atoms with Crippen molar-refractivity contribution in [3.63, 3.8) is 0 Å². The van der Waals surface area contributed by atoms with E-state index in [1.807, 2.05) is 0 Å². The van der Waals surface area contributed by atoms with Crippen molar-refractivity contribution in [2.45, 2.75) is 25.1 Å². The second-order valence-corrected chi connectivity index (χ2v) is 5.54. The predicted molar refractivity (Wildman–Crippen MR) is 77.2 cm³/mol. The number of nitro groups is 1. The van der Waals surface area contributed by atoms with Crippen LogP contribution in [0.25, 0.3) is 0 Å². The van der Waals surface area contributed by atoms with Crippen molar-refractivity contribution in [2.75, 3.05) is 25.5 Å². The molecule has 0 bridgehead atoms. The van der Waals surface area contributed by atoms with Crippen LogP contribution >= 0.6 is 0 Å². The summed E-state index contributed by atoms with van der Waals surface area (Å²) in [5.74, 6) is -0.225. The van der Waals surface area contributed by atoms with E-state index < -0.39 is 28.4 Å². The summed E-state index contributed by atoms with van der Waals surface area (Å²) in [5.41, 5.74) is -1.68. The number of nitro benzene ring substituents is 1. The fourth-order valence-electron chi connectivity index (χ4n) is 2.70. The number of halogens is 3. The van der Waals surface area contributed by atoms with Gasteiger partial charge in [-0.05, 0) is 25.0 Å². The highest BCUT2D eigenvalue weighted by Gasteiger charge is 2.38. The number of carbonyl (C=O) groups excluding carboxylic acids is 1. The van der Waals surface area contributed by atoms with Gasteiger partial charge in [0.15, 0.2) is 0 Å².